The number of hydrogen-bond acceptors (Lipinski definition) is 4. The molecule has 1 aromatic heterocycles. The molecule has 0 amide bonds. The number of hydrogen-bond donors (Lipinski definition) is 2. The van der Waals surface area contributed by atoms with Crippen LogP contribution >= 0.6 is 15.9 Å². The predicted molar refractivity (Wildman–Crippen MR) is 81.3 cm³/mol. The number of carboxylic acids is 1. The maximum absolute atomic E-state index is 11.0. The third-order valence-corrected chi connectivity index (χ3v) is 4.47. The van der Waals surface area contributed by atoms with E-state index < -0.39 is 5.97 Å². The molecular formula is C14H15BrN2O4. The minimum absolute atomic E-state index is 0.0158. The standard InChI is InChI=1S/C14H15BrN2O4/c1-6-10(8-5-9(14(18)19)17-16-8)13(21-4)12(20-3)7(2)11(6)15/h5H,1-4H3,(H,16,17)(H,18,19). The number of nitrogens with zero attached hydrogens (tertiary/aromatic N) is 1. The maximum Gasteiger partial charge on any atom is 0.353 e. The Morgan fingerprint density at radius 2 is 1.86 bits per heavy atom. The van der Waals surface area contributed by atoms with Crippen molar-refractivity contribution in [1.82, 2.24) is 10.2 Å². The number of nitrogens with one attached hydrogen (secondary N) is 1. The van der Waals surface area contributed by atoms with Crippen LogP contribution in [0.4, 0.5) is 0 Å². The third-order valence-electron chi connectivity index (χ3n) is 3.28. The zero-order valence-corrected chi connectivity index (χ0v) is 13.7. The van der Waals surface area contributed by atoms with Gasteiger partial charge in [0.1, 0.15) is 5.69 Å². The molecule has 1 heterocycles. The van der Waals surface area contributed by atoms with Crippen molar-refractivity contribution in [1.29, 1.82) is 0 Å². The predicted octanol–water partition coefficient (Wildman–Crippen LogP) is 3.17. The summed E-state index contributed by atoms with van der Waals surface area (Å²) in [5, 5.41) is 15.6. The zero-order valence-electron chi connectivity index (χ0n) is 12.1. The molecule has 0 fully saturated rings. The van der Waals surface area contributed by atoms with Crippen molar-refractivity contribution < 1.29 is 19.4 Å². The monoisotopic (exact) mass is 354 g/mol. The Kier molecular flexibility index (Phi) is 4.22. The summed E-state index contributed by atoms with van der Waals surface area (Å²) in [7, 11) is 3.10. The van der Waals surface area contributed by atoms with E-state index >= 15 is 0 Å². The van der Waals surface area contributed by atoms with Crippen LogP contribution < -0.4 is 9.47 Å². The highest BCUT2D eigenvalue weighted by Crippen LogP contribution is 2.46. The van der Waals surface area contributed by atoms with E-state index in [4.69, 9.17) is 14.6 Å². The van der Waals surface area contributed by atoms with Gasteiger partial charge >= 0.3 is 5.97 Å². The van der Waals surface area contributed by atoms with Crippen LogP contribution in [0, 0.1) is 13.8 Å². The number of halogens is 1. The van der Waals surface area contributed by atoms with E-state index in [1.165, 1.54) is 6.07 Å². The number of methoxy groups -OCH3 is 2. The zero-order chi connectivity index (χ0) is 15.7. The molecule has 0 atom stereocenters. The molecule has 112 valence electrons. The molecule has 2 aromatic rings. The van der Waals surface area contributed by atoms with E-state index in [2.05, 4.69) is 26.1 Å². The lowest BCUT2D eigenvalue weighted by Crippen LogP contribution is -2.00. The van der Waals surface area contributed by atoms with Crippen LogP contribution in [0.1, 0.15) is 21.6 Å². The first-order chi connectivity index (χ1) is 9.92. The van der Waals surface area contributed by atoms with Gasteiger partial charge in [-0.05, 0) is 25.5 Å². The summed E-state index contributed by atoms with van der Waals surface area (Å²) in [5.74, 6) is 0.0486. The molecule has 0 saturated carbocycles. The summed E-state index contributed by atoms with van der Waals surface area (Å²) in [6.07, 6.45) is 0. The summed E-state index contributed by atoms with van der Waals surface area (Å²) in [4.78, 5) is 11.0. The Bertz CT molecular complexity index is 709. The van der Waals surface area contributed by atoms with Crippen LogP contribution in [0.25, 0.3) is 11.3 Å². The van der Waals surface area contributed by atoms with Crippen molar-refractivity contribution >= 4 is 21.9 Å². The lowest BCUT2D eigenvalue weighted by Gasteiger charge is -2.18. The third kappa shape index (κ3) is 2.49. The molecule has 0 unspecified atom stereocenters. The van der Waals surface area contributed by atoms with Crippen LogP contribution in [0.15, 0.2) is 10.5 Å². The Morgan fingerprint density at radius 1 is 1.24 bits per heavy atom. The molecule has 0 aliphatic rings. The number of benzene rings is 1. The van der Waals surface area contributed by atoms with Crippen molar-refractivity contribution in [2.45, 2.75) is 13.8 Å². The van der Waals surface area contributed by atoms with Gasteiger partial charge in [-0.15, -0.1) is 0 Å². The summed E-state index contributed by atoms with van der Waals surface area (Å²) < 4.78 is 11.7. The average Bonchev–Trinajstić information content (AvgIpc) is 2.94. The summed E-state index contributed by atoms with van der Waals surface area (Å²) >= 11 is 3.53. The van der Waals surface area contributed by atoms with E-state index in [-0.39, 0.29) is 5.69 Å². The van der Waals surface area contributed by atoms with Crippen LogP contribution in [0.5, 0.6) is 11.5 Å². The minimum atomic E-state index is -1.07. The number of aromatic nitrogens is 2. The van der Waals surface area contributed by atoms with Crippen molar-refractivity contribution in [3.63, 3.8) is 0 Å². The molecule has 7 heteroatoms. The molecule has 0 spiro atoms. The van der Waals surface area contributed by atoms with Crippen molar-refractivity contribution in [2.75, 3.05) is 14.2 Å². The van der Waals surface area contributed by atoms with Gasteiger partial charge in [0.15, 0.2) is 11.5 Å². The number of ether oxygens (including phenoxy) is 2. The fourth-order valence-corrected chi connectivity index (χ4v) is 2.63. The number of H-pyrrole nitrogens is 1. The minimum Gasteiger partial charge on any atom is -0.493 e. The Balaban J connectivity index is 2.77. The van der Waals surface area contributed by atoms with Gasteiger partial charge in [0, 0.05) is 10.0 Å². The van der Waals surface area contributed by atoms with Crippen molar-refractivity contribution in [3.8, 4) is 22.8 Å². The Morgan fingerprint density at radius 3 is 2.33 bits per heavy atom. The highest BCUT2D eigenvalue weighted by atomic mass is 79.9. The molecule has 0 aliphatic carbocycles. The van der Waals surface area contributed by atoms with E-state index in [0.717, 1.165) is 15.6 Å². The van der Waals surface area contributed by atoms with Gasteiger partial charge in [0.25, 0.3) is 0 Å². The summed E-state index contributed by atoms with van der Waals surface area (Å²) in [5.41, 5.74) is 3.00. The van der Waals surface area contributed by atoms with Gasteiger partial charge in [-0.25, -0.2) is 4.79 Å². The molecule has 0 radical (unpaired) electrons. The second-order valence-electron chi connectivity index (χ2n) is 4.48. The molecular weight excluding hydrogens is 340 g/mol. The topological polar surface area (TPSA) is 84.4 Å². The first kappa shape index (κ1) is 15.4. The van der Waals surface area contributed by atoms with Gasteiger partial charge in [-0.1, -0.05) is 15.9 Å². The molecule has 0 saturated heterocycles. The molecule has 21 heavy (non-hydrogen) atoms. The van der Waals surface area contributed by atoms with Gasteiger partial charge in [-0.2, -0.15) is 5.10 Å². The highest BCUT2D eigenvalue weighted by Gasteiger charge is 2.23. The number of aromatic amines is 1. The number of aromatic carboxylic acids is 1. The lowest BCUT2D eigenvalue weighted by molar-refractivity contribution is 0.0690. The van der Waals surface area contributed by atoms with E-state index in [0.29, 0.717) is 22.8 Å². The average molecular weight is 355 g/mol. The molecule has 2 N–H and O–H groups in total. The van der Waals surface area contributed by atoms with E-state index in [1.807, 2.05) is 13.8 Å². The normalized spacial score (nSPS) is 10.5. The Labute approximate surface area is 130 Å². The number of carbonyl (C=O) groups is 1. The fraction of sp³-hybridized carbons (Fsp3) is 0.286. The smallest absolute Gasteiger partial charge is 0.353 e. The summed E-state index contributed by atoms with van der Waals surface area (Å²) in [6, 6.07) is 1.47. The highest BCUT2D eigenvalue weighted by molar-refractivity contribution is 9.10. The van der Waals surface area contributed by atoms with Gasteiger partial charge in [-0.3, -0.25) is 5.10 Å². The van der Waals surface area contributed by atoms with Crippen LogP contribution in [-0.2, 0) is 0 Å². The molecule has 0 aliphatic heterocycles. The van der Waals surface area contributed by atoms with Crippen LogP contribution in [0.2, 0.25) is 0 Å². The molecule has 1 aromatic carbocycles. The molecule has 2 rings (SSSR count). The largest absolute Gasteiger partial charge is 0.493 e. The summed E-state index contributed by atoms with van der Waals surface area (Å²) in [6.45, 7) is 3.82. The Hall–Kier alpha value is -2.02. The first-order valence-electron chi connectivity index (χ1n) is 6.12. The second-order valence-corrected chi connectivity index (χ2v) is 5.27. The van der Waals surface area contributed by atoms with E-state index in [1.54, 1.807) is 14.2 Å². The lowest BCUT2D eigenvalue weighted by atomic mass is 10.00. The molecule has 6 nitrogen and oxygen atoms in total. The maximum atomic E-state index is 11.0. The number of carboxylic acid groups (broad SMARTS) is 1. The SMILES string of the molecule is COc1c(C)c(Br)c(C)c(-c2cc(C(=O)O)[nH]n2)c1OC. The molecule has 0 bridgehead atoms. The number of rotatable bonds is 4. The van der Waals surface area contributed by atoms with Crippen LogP contribution in [-0.4, -0.2) is 35.5 Å². The van der Waals surface area contributed by atoms with Gasteiger partial charge in [0.2, 0.25) is 0 Å². The van der Waals surface area contributed by atoms with Crippen LogP contribution in [0.3, 0.4) is 0 Å². The van der Waals surface area contributed by atoms with Gasteiger partial charge < -0.3 is 14.6 Å². The quantitative estimate of drug-likeness (QED) is 0.880. The second kappa shape index (κ2) is 5.77. The first-order valence-corrected chi connectivity index (χ1v) is 6.91. The fourth-order valence-electron chi connectivity index (χ4n) is 2.25. The van der Waals surface area contributed by atoms with E-state index in [9.17, 15) is 4.79 Å². The van der Waals surface area contributed by atoms with Crippen molar-refractivity contribution in [3.05, 3.63) is 27.4 Å². The van der Waals surface area contributed by atoms with Gasteiger partial charge in [0.05, 0.1) is 25.5 Å². The van der Waals surface area contributed by atoms with Crippen molar-refractivity contribution in [2.24, 2.45) is 0 Å².